The van der Waals surface area contributed by atoms with Crippen LogP contribution in [0.2, 0.25) is 0 Å². The first-order valence-electron chi connectivity index (χ1n) is 5.00. The molecule has 1 aliphatic heterocycles. The van der Waals surface area contributed by atoms with Crippen molar-refractivity contribution in [2.75, 3.05) is 13.1 Å². The summed E-state index contributed by atoms with van der Waals surface area (Å²) in [5.41, 5.74) is 0.0894. The van der Waals surface area contributed by atoms with Crippen molar-refractivity contribution in [1.82, 2.24) is 4.90 Å². The summed E-state index contributed by atoms with van der Waals surface area (Å²) < 4.78 is 26.5. The van der Waals surface area contributed by atoms with Crippen molar-refractivity contribution in [2.45, 2.75) is 19.1 Å². The molecular weight excluding hydrogens is 200 g/mol. The van der Waals surface area contributed by atoms with Gasteiger partial charge in [-0.05, 0) is 18.6 Å². The van der Waals surface area contributed by atoms with Gasteiger partial charge in [0.25, 0.3) is 0 Å². The molecule has 0 radical (unpaired) electrons. The van der Waals surface area contributed by atoms with E-state index in [1.54, 1.807) is 0 Å². The summed E-state index contributed by atoms with van der Waals surface area (Å²) in [4.78, 5) is 1.85. The molecule has 1 saturated heterocycles. The van der Waals surface area contributed by atoms with Crippen LogP contribution < -0.4 is 0 Å². The van der Waals surface area contributed by atoms with Crippen LogP contribution in [0.3, 0.4) is 0 Å². The average Bonchev–Trinajstić information content (AvgIpc) is 2.58. The Hall–Kier alpha value is -1.00. The van der Waals surface area contributed by atoms with Crippen molar-refractivity contribution in [3.8, 4) is 0 Å². The molecule has 0 aliphatic carbocycles. The molecule has 0 aromatic heterocycles. The van der Waals surface area contributed by atoms with Crippen LogP contribution in [-0.2, 0) is 6.54 Å². The number of hydrogen-bond acceptors (Lipinski definition) is 2. The standard InChI is InChI=1S/C11H13F2NO/c12-10-2-1-3-11(13)9(10)7-14-5-4-8(15)6-14/h1-3,8,15H,4-7H2/t8-/m1/s1. The predicted octanol–water partition coefficient (Wildman–Crippen LogP) is 1.53. The number of benzene rings is 1. The van der Waals surface area contributed by atoms with E-state index in [0.29, 0.717) is 19.5 Å². The van der Waals surface area contributed by atoms with Crippen molar-refractivity contribution in [1.29, 1.82) is 0 Å². The van der Waals surface area contributed by atoms with E-state index >= 15 is 0 Å². The lowest BCUT2D eigenvalue weighted by Crippen LogP contribution is -2.22. The van der Waals surface area contributed by atoms with Gasteiger partial charge in [0.1, 0.15) is 11.6 Å². The maximum absolute atomic E-state index is 13.3. The quantitative estimate of drug-likeness (QED) is 0.805. The molecule has 1 atom stereocenters. The Balaban J connectivity index is 2.10. The molecule has 1 fully saturated rings. The molecule has 0 saturated carbocycles. The number of rotatable bonds is 2. The molecule has 1 N–H and O–H groups in total. The Kier molecular flexibility index (Phi) is 2.98. The summed E-state index contributed by atoms with van der Waals surface area (Å²) in [6.07, 6.45) is 0.315. The lowest BCUT2D eigenvalue weighted by Gasteiger charge is -2.15. The van der Waals surface area contributed by atoms with Crippen LogP contribution in [0, 0.1) is 11.6 Å². The van der Waals surface area contributed by atoms with Gasteiger partial charge in [-0.2, -0.15) is 0 Å². The van der Waals surface area contributed by atoms with Gasteiger partial charge in [0, 0.05) is 25.2 Å². The van der Waals surface area contributed by atoms with E-state index in [-0.39, 0.29) is 18.2 Å². The van der Waals surface area contributed by atoms with Crippen LogP contribution in [0.5, 0.6) is 0 Å². The molecule has 15 heavy (non-hydrogen) atoms. The molecule has 4 heteroatoms. The zero-order chi connectivity index (χ0) is 10.8. The average molecular weight is 213 g/mol. The number of hydrogen-bond donors (Lipinski definition) is 1. The van der Waals surface area contributed by atoms with Crippen LogP contribution in [-0.4, -0.2) is 29.2 Å². The van der Waals surface area contributed by atoms with Crippen molar-refractivity contribution < 1.29 is 13.9 Å². The van der Waals surface area contributed by atoms with Gasteiger partial charge >= 0.3 is 0 Å². The summed E-state index contributed by atoms with van der Waals surface area (Å²) in [5.74, 6) is -1.03. The monoisotopic (exact) mass is 213 g/mol. The highest BCUT2D eigenvalue weighted by atomic mass is 19.1. The van der Waals surface area contributed by atoms with Gasteiger partial charge in [0.05, 0.1) is 6.10 Å². The van der Waals surface area contributed by atoms with Crippen LogP contribution in [0.4, 0.5) is 8.78 Å². The van der Waals surface area contributed by atoms with E-state index in [9.17, 15) is 13.9 Å². The maximum atomic E-state index is 13.3. The molecule has 82 valence electrons. The van der Waals surface area contributed by atoms with Gasteiger partial charge < -0.3 is 5.11 Å². The first kappa shape index (κ1) is 10.5. The third kappa shape index (κ3) is 2.33. The summed E-state index contributed by atoms with van der Waals surface area (Å²) in [7, 11) is 0. The third-order valence-electron chi connectivity index (χ3n) is 2.69. The highest BCUT2D eigenvalue weighted by Crippen LogP contribution is 2.18. The van der Waals surface area contributed by atoms with Gasteiger partial charge in [-0.3, -0.25) is 4.90 Å². The van der Waals surface area contributed by atoms with Gasteiger partial charge in [0.2, 0.25) is 0 Å². The fourth-order valence-electron chi connectivity index (χ4n) is 1.86. The van der Waals surface area contributed by atoms with E-state index in [2.05, 4.69) is 0 Å². The number of halogens is 2. The van der Waals surface area contributed by atoms with E-state index < -0.39 is 11.6 Å². The molecule has 0 amide bonds. The minimum absolute atomic E-state index is 0.0894. The Morgan fingerprint density at radius 3 is 2.53 bits per heavy atom. The van der Waals surface area contributed by atoms with Crippen LogP contribution >= 0.6 is 0 Å². The number of β-amino-alcohol motifs (C(OH)–C–C–N with tert-alkyl or cyclic N) is 1. The largest absolute Gasteiger partial charge is 0.392 e. The first-order valence-corrected chi connectivity index (χ1v) is 5.00. The Labute approximate surface area is 87.1 Å². The van der Waals surface area contributed by atoms with E-state index in [1.807, 2.05) is 4.90 Å². The fraction of sp³-hybridized carbons (Fsp3) is 0.455. The Morgan fingerprint density at radius 2 is 2.00 bits per heavy atom. The minimum Gasteiger partial charge on any atom is -0.392 e. The SMILES string of the molecule is O[C@@H]1CCN(Cc2c(F)cccc2F)C1. The molecule has 2 nitrogen and oxygen atoms in total. The lowest BCUT2D eigenvalue weighted by atomic mass is 10.2. The lowest BCUT2D eigenvalue weighted by molar-refractivity contribution is 0.174. The smallest absolute Gasteiger partial charge is 0.130 e. The summed E-state index contributed by atoms with van der Waals surface area (Å²) in [6.45, 7) is 1.41. The van der Waals surface area contributed by atoms with Crippen molar-refractivity contribution in [3.63, 3.8) is 0 Å². The van der Waals surface area contributed by atoms with Crippen molar-refractivity contribution in [2.24, 2.45) is 0 Å². The number of aliphatic hydroxyl groups excluding tert-OH is 1. The summed E-state index contributed by atoms with van der Waals surface area (Å²) in [6, 6.07) is 3.86. The van der Waals surface area contributed by atoms with Crippen molar-refractivity contribution >= 4 is 0 Å². The zero-order valence-corrected chi connectivity index (χ0v) is 8.29. The number of nitrogens with zero attached hydrogens (tertiary/aromatic N) is 1. The molecule has 2 rings (SSSR count). The van der Waals surface area contributed by atoms with Gasteiger partial charge in [0.15, 0.2) is 0 Å². The van der Waals surface area contributed by atoms with Crippen LogP contribution in [0.15, 0.2) is 18.2 Å². The third-order valence-corrected chi connectivity index (χ3v) is 2.69. The Bertz CT molecular complexity index is 336. The second-order valence-electron chi connectivity index (χ2n) is 3.88. The van der Waals surface area contributed by atoms with E-state index in [0.717, 1.165) is 0 Å². The first-order chi connectivity index (χ1) is 7.16. The zero-order valence-electron chi connectivity index (χ0n) is 8.29. The van der Waals surface area contributed by atoms with Crippen LogP contribution in [0.25, 0.3) is 0 Å². The number of likely N-dealkylation sites (tertiary alicyclic amines) is 1. The highest BCUT2D eigenvalue weighted by Gasteiger charge is 2.22. The maximum Gasteiger partial charge on any atom is 0.130 e. The normalized spacial score (nSPS) is 22.2. The van der Waals surface area contributed by atoms with E-state index in [1.165, 1.54) is 18.2 Å². The minimum atomic E-state index is -0.517. The topological polar surface area (TPSA) is 23.5 Å². The second kappa shape index (κ2) is 4.24. The predicted molar refractivity (Wildman–Crippen MR) is 52.3 cm³/mol. The number of aliphatic hydroxyl groups is 1. The van der Waals surface area contributed by atoms with Gasteiger partial charge in [-0.15, -0.1) is 0 Å². The second-order valence-corrected chi connectivity index (χ2v) is 3.88. The Morgan fingerprint density at radius 1 is 1.33 bits per heavy atom. The van der Waals surface area contributed by atoms with Crippen molar-refractivity contribution in [3.05, 3.63) is 35.4 Å². The van der Waals surface area contributed by atoms with Gasteiger partial charge in [-0.1, -0.05) is 6.07 Å². The molecule has 0 spiro atoms. The summed E-state index contributed by atoms with van der Waals surface area (Å²) >= 11 is 0. The van der Waals surface area contributed by atoms with E-state index in [4.69, 9.17) is 0 Å². The molecule has 1 aromatic rings. The molecule has 1 aromatic carbocycles. The molecular formula is C11H13F2NO. The molecule has 1 aliphatic rings. The molecule has 0 bridgehead atoms. The van der Waals surface area contributed by atoms with Gasteiger partial charge in [-0.25, -0.2) is 8.78 Å². The molecule has 0 unspecified atom stereocenters. The molecule has 1 heterocycles. The fourth-order valence-corrected chi connectivity index (χ4v) is 1.86. The summed E-state index contributed by atoms with van der Waals surface area (Å²) in [5, 5.41) is 9.29. The highest BCUT2D eigenvalue weighted by molar-refractivity contribution is 5.19. The van der Waals surface area contributed by atoms with Crippen LogP contribution in [0.1, 0.15) is 12.0 Å².